The molecular weight excluding hydrogens is 360 g/mol. The molecule has 1 rings (SSSR count). The van der Waals surface area contributed by atoms with E-state index in [-0.39, 0.29) is 29.6 Å². The summed E-state index contributed by atoms with van der Waals surface area (Å²) in [6, 6.07) is 5.47. The maximum Gasteiger partial charge on any atom is 0.307 e. The van der Waals surface area contributed by atoms with Crippen molar-refractivity contribution in [3.05, 3.63) is 29.8 Å². The normalized spacial score (nSPS) is 11.2. The van der Waals surface area contributed by atoms with E-state index in [4.69, 9.17) is 4.74 Å². The van der Waals surface area contributed by atoms with E-state index in [2.05, 4.69) is 10.0 Å². The van der Waals surface area contributed by atoms with Gasteiger partial charge in [0, 0.05) is 18.7 Å². The van der Waals surface area contributed by atoms with Gasteiger partial charge in [0.2, 0.25) is 10.0 Å². The van der Waals surface area contributed by atoms with Gasteiger partial charge < -0.3 is 10.1 Å². The number of ketones is 1. The van der Waals surface area contributed by atoms with Gasteiger partial charge in [-0.1, -0.05) is 26.0 Å². The van der Waals surface area contributed by atoms with Crippen LogP contribution in [-0.4, -0.2) is 45.8 Å². The lowest BCUT2D eigenvalue weighted by Gasteiger charge is -2.09. The number of hydrogen-bond acceptors (Lipinski definition) is 6. The number of benzene rings is 1. The highest BCUT2D eigenvalue weighted by atomic mass is 32.2. The van der Waals surface area contributed by atoms with Gasteiger partial charge in [-0.3, -0.25) is 14.4 Å². The van der Waals surface area contributed by atoms with Crippen molar-refractivity contribution < 1.29 is 27.5 Å². The second kappa shape index (κ2) is 10.0. The van der Waals surface area contributed by atoms with Crippen molar-refractivity contribution in [3.8, 4) is 0 Å². The Bertz CT molecular complexity index is 741. The molecule has 0 fully saturated rings. The lowest BCUT2D eigenvalue weighted by atomic mass is 10.2. The Balaban J connectivity index is 2.40. The molecule has 0 unspecified atom stereocenters. The first-order valence-electron chi connectivity index (χ1n) is 8.15. The van der Waals surface area contributed by atoms with Gasteiger partial charge in [0.15, 0.2) is 12.4 Å². The molecule has 0 saturated carbocycles. The minimum Gasteiger partial charge on any atom is -0.456 e. The average molecular weight is 384 g/mol. The van der Waals surface area contributed by atoms with Gasteiger partial charge in [0.25, 0.3) is 5.91 Å². The van der Waals surface area contributed by atoms with Crippen LogP contribution in [0.3, 0.4) is 0 Å². The maximum absolute atomic E-state index is 12.1. The van der Waals surface area contributed by atoms with E-state index in [0.717, 1.165) is 0 Å². The van der Waals surface area contributed by atoms with Crippen LogP contribution in [0.1, 0.15) is 37.6 Å². The van der Waals surface area contributed by atoms with Crippen molar-refractivity contribution in [1.29, 1.82) is 0 Å². The third kappa shape index (κ3) is 7.75. The van der Waals surface area contributed by atoms with Crippen LogP contribution in [0, 0.1) is 5.92 Å². The zero-order chi connectivity index (χ0) is 19.7. The number of Topliss-reactive ketones (excluding diaryl/α,β-unsaturated/α-hetero) is 1. The van der Waals surface area contributed by atoms with Crippen LogP contribution >= 0.6 is 0 Å². The maximum atomic E-state index is 12.1. The van der Waals surface area contributed by atoms with Crippen LogP contribution in [0.4, 0.5) is 0 Å². The molecule has 0 radical (unpaired) electrons. The highest BCUT2D eigenvalue weighted by molar-refractivity contribution is 7.89. The summed E-state index contributed by atoms with van der Waals surface area (Å²) in [6.45, 7) is 5.18. The first-order chi connectivity index (χ1) is 12.1. The van der Waals surface area contributed by atoms with Crippen LogP contribution in [0.2, 0.25) is 0 Å². The van der Waals surface area contributed by atoms with Gasteiger partial charge >= 0.3 is 5.97 Å². The summed E-state index contributed by atoms with van der Waals surface area (Å²) >= 11 is 0. The molecule has 1 amide bonds. The Hall–Kier alpha value is -2.26. The molecule has 0 aliphatic carbocycles. The number of carbonyl (C=O) groups excluding carboxylic acids is 3. The zero-order valence-electron chi connectivity index (χ0n) is 15.1. The summed E-state index contributed by atoms with van der Waals surface area (Å²) in [5.41, 5.74) is 0.406. The van der Waals surface area contributed by atoms with Crippen molar-refractivity contribution in [1.82, 2.24) is 10.0 Å². The topological polar surface area (TPSA) is 119 Å². The molecule has 0 aromatic heterocycles. The summed E-state index contributed by atoms with van der Waals surface area (Å²) in [4.78, 5) is 34.2. The minimum absolute atomic E-state index is 0.0102. The molecule has 1 aromatic rings. The summed E-state index contributed by atoms with van der Waals surface area (Å²) in [7, 11) is -3.80. The van der Waals surface area contributed by atoms with Crippen molar-refractivity contribution in [2.45, 2.75) is 32.1 Å². The number of hydrogen-bond donors (Lipinski definition) is 2. The summed E-state index contributed by atoms with van der Waals surface area (Å²) < 4.78 is 31.2. The first kappa shape index (κ1) is 21.8. The molecule has 0 aliphatic rings. The molecule has 0 spiro atoms. The molecule has 0 bridgehead atoms. The van der Waals surface area contributed by atoms with E-state index >= 15 is 0 Å². The second-order valence-corrected chi connectivity index (χ2v) is 7.85. The number of nitrogens with one attached hydrogen (secondary N) is 2. The van der Waals surface area contributed by atoms with Gasteiger partial charge in [0.05, 0.1) is 11.3 Å². The lowest BCUT2D eigenvalue weighted by Crippen LogP contribution is -2.32. The third-order valence-corrected chi connectivity index (χ3v) is 4.74. The average Bonchev–Trinajstić information content (AvgIpc) is 2.58. The van der Waals surface area contributed by atoms with Crippen LogP contribution in [0.25, 0.3) is 0 Å². The van der Waals surface area contributed by atoms with Crippen molar-refractivity contribution in [2.75, 3.05) is 19.7 Å². The van der Waals surface area contributed by atoms with E-state index in [1.54, 1.807) is 0 Å². The number of carbonyl (C=O) groups is 3. The van der Waals surface area contributed by atoms with E-state index < -0.39 is 28.5 Å². The molecular formula is C17H24N2O6S. The summed E-state index contributed by atoms with van der Waals surface area (Å²) in [5.74, 6) is -0.965. The molecule has 0 saturated heterocycles. The minimum atomic E-state index is -3.80. The van der Waals surface area contributed by atoms with Gasteiger partial charge in [0.1, 0.15) is 0 Å². The standard InChI is InChI=1S/C17H24N2O6S/c1-12(2)10-18-16(21)11-25-17(22)8-9-19-26(23,24)15-6-4-14(5-7-15)13(3)20/h4-7,12,19H,8-11H2,1-3H3,(H,18,21). The number of rotatable bonds is 10. The van der Waals surface area contributed by atoms with Crippen molar-refractivity contribution >= 4 is 27.7 Å². The smallest absolute Gasteiger partial charge is 0.307 e. The fourth-order valence-electron chi connectivity index (χ4n) is 1.83. The van der Waals surface area contributed by atoms with E-state index in [9.17, 15) is 22.8 Å². The number of sulfonamides is 1. The largest absolute Gasteiger partial charge is 0.456 e. The van der Waals surface area contributed by atoms with E-state index in [0.29, 0.717) is 12.1 Å². The zero-order valence-corrected chi connectivity index (χ0v) is 15.9. The van der Waals surface area contributed by atoms with Gasteiger partial charge in [-0.05, 0) is 25.0 Å². The Kier molecular flexibility index (Phi) is 8.40. The fraction of sp³-hybridized carbons (Fsp3) is 0.471. The summed E-state index contributed by atoms with van der Waals surface area (Å²) in [6.07, 6.45) is -0.206. The number of esters is 1. The monoisotopic (exact) mass is 384 g/mol. The SMILES string of the molecule is CC(=O)c1ccc(S(=O)(=O)NCCC(=O)OCC(=O)NCC(C)C)cc1. The Morgan fingerprint density at radius 1 is 1.12 bits per heavy atom. The highest BCUT2D eigenvalue weighted by Crippen LogP contribution is 2.11. The molecule has 8 nitrogen and oxygen atoms in total. The Morgan fingerprint density at radius 2 is 1.73 bits per heavy atom. The first-order valence-corrected chi connectivity index (χ1v) is 9.63. The molecule has 144 valence electrons. The quantitative estimate of drug-likeness (QED) is 0.456. The lowest BCUT2D eigenvalue weighted by molar-refractivity contribution is -0.148. The van der Waals surface area contributed by atoms with Crippen LogP contribution in [-0.2, 0) is 24.3 Å². The molecule has 9 heteroatoms. The predicted molar refractivity (Wildman–Crippen MR) is 95.1 cm³/mol. The Morgan fingerprint density at radius 3 is 2.27 bits per heavy atom. The number of amides is 1. The Labute approximate surface area is 153 Å². The van der Waals surface area contributed by atoms with E-state index in [1.807, 2.05) is 13.8 Å². The van der Waals surface area contributed by atoms with Crippen molar-refractivity contribution in [3.63, 3.8) is 0 Å². The fourth-order valence-corrected chi connectivity index (χ4v) is 2.86. The van der Waals surface area contributed by atoms with Crippen LogP contribution < -0.4 is 10.0 Å². The van der Waals surface area contributed by atoms with E-state index in [1.165, 1.54) is 31.2 Å². The van der Waals surface area contributed by atoms with Crippen LogP contribution in [0.5, 0.6) is 0 Å². The van der Waals surface area contributed by atoms with Crippen molar-refractivity contribution in [2.24, 2.45) is 5.92 Å². The number of ether oxygens (including phenoxy) is 1. The van der Waals surface area contributed by atoms with Gasteiger partial charge in [-0.25, -0.2) is 13.1 Å². The molecule has 0 aliphatic heterocycles. The van der Waals surface area contributed by atoms with Gasteiger partial charge in [-0.2, -0.15) is 0 Å². The van der Waals surface area contributed by atoms with Crippen LogP contribution in [0.15, 0.2) is 29.2 Å². The molecule has 26 heavy (non-hydrogen) atoms. The summed E-state index contributed by atoms with van der Waals surface area (Å²) in [5, 5.41) is 2.60. The third-order valence-electron chi connectivity index (χ3n) is 3.26. The second-order valence-electron chi connectivity index (χ2n) is 6.09. The molecule has 0 heterocycles. The van der Waals surface area contributed by atoms with Gasteiger partial charge in [-0.15, -0.1) is 0 Å². The highest BCUT2D eigenvalue weighted by Gasteiger charge is 2.15. The molecule has 2 N–H and O–H groups in total. The molecule has 0 atom stereocenters. The molecule has 1 aromatic carbocycles. The predicted octanol–water partition coefficient (Wildman–Crippen LogP) is 0.873.